The Balaban J connectivity index is 1.72. The number of hydrogen-bond acceptors (Lipinski definition) is 3. The van der Waals surface area contributed by atoms with E-state index in [1.807, 2.05) is 12.2 Å². The quantitative estimate of drug-likeness (QED) is 0.534. The van der Waals surface area contributed by atoms with E-state index < -0.39 is 11.4 Å². The molecule has 0 radical (unpaired) electrons. The van der Waals surface area contributed by atoms with Crippen LogP contribution in [0.5, 0.6) is 0 Å². The van der Waals surface area contributed by atoms with Gasteiger partial charge in [0.2, 0.25) is 0 Å². The van der Waals surface area contributed by atoms with Gasteiger partial charge in [0.05, 0.1) is 5.41 Å². The molecule has 0 spiro atoms. The van der Waals surface area contributed by atoms with E-state index in [0.717, 1.165) is 44.9 Å². The molecule has 2 saturated carbocycles. The van der Waals surface area contributed by atoms with Crippen molar-refractivity contribution in [2.24, 2.45) is 23.2 Å². The van der Waals surface area contributed by atoms with Gasteiger partial charge in [-0.05, 0) is 52.4 Å². The molecule has 0 bridgehead atoms. The van der Waals surface area contributed by atoms with Crippen molar-refractivity contribution in [1.82, 2.24) is 0 Å². The normalized spacial score (nSPS) is 28.2. The second kappa shape index (κ2) is 8.09. The maximum Gasteiger partial charge on any atom is 0.309 e. The smallest absolute Gasteiger partial charge is 0.309 e. The van der Waals surface area contributed by atoms with Crippen LogP contribution in [0.15, 0.2) is 12.2 Å². The van der Waals surface area contributed by atoms with Crippen molar-refractivity contribution in [2.75, 3.05) is 0 Å². The fourth-order valence-corrected chi connectivity index (χ4v) is 3.82. The van der Waals surface area contributed by atoms with E-state index in [1.165, 1.54) is 0 Å². The van der Waals surface area contributed by atoms with Crippen molar-refractivity contribution in [3.63, 3.8) is 0 Å². The summed E-state index contributed by atoms with van der Waals surface area (Å²) >= 11 is 0. The van der Waals surface area contributed by atoms with Gasteiger partial charge in [0, 0.05) is 24.2 Å². The molecule has 24 heavy (non-hydrogen) atoms. The number of carbonyl (C=O) groups excluding carboxylic acids is 2. The van der Waals surface area contributed by atoms with Crippen molar-refractivity contribution in [1.29, 1.82) is 0 Å². The predicted octanol–water partition coefficient (Wildman–Crippen LogP) is 4.18. The number of aliphatic carboxylic acids is 1. The molecule has 4 nitrogen and oxygen atoms in total. The lowest BCUT2D eigenvalue weighted by molar-refractivity contribution is -0.147. The molecular weight excluding hydrogens is 304 g/mol. The SMILES string of the molecule is CC(C)(CCCCC1CCC(C=CC2CCCC2=O)C1=O)C(=O)O. The van der Waals surface area contributed by atoms with Crippen LogP contribution < -0.4 is 0 Å². The Bertz CT molecular complexity index is 518. The van der Waals surface area contributed by atoms with Crippen molar-refractivity contribution in [3.05, 3.63) is 12.2 Å². The Morgan fingerprint density at radius 1 is 1.12 bits per heavy atom. The maximum absolute atomic E-state index is 12.5. The summed E-state index contributed by atoms with van der Waals surface area (Å²) in [6, 6.07) is 0. The van der Waals surface area contributed by atoms with Crippen LogP contribution in [-0.2, 0) is 14.4 Å². The van der Waals surface area contributed by atoms with Gasteiger partial charge < -0.3 is 5.11 Å². The number of hydrogen-bond donors (Lipinski definition) is 1. The summed E-state index contributed by atoms with van der Waals surface area (Å²) < 4.78 is 0. The Kier molecular flexibility index (Phi) is 6.36. The zero-order chi connectivity index (χ0) is 17.7. The van der Waals surface area contributed by atoms with Crippen LogP contribution in [0.3, 0.4) is 0 Å². The zero-order valence-corrected chi connectivity index (χ0v) is 14.9. The summed E-state index contributed by atoms with van der Waals surface area (Å²) in [7, 11) is 0. The second-order valence-corrected chi connectivity index (χ2v) is 8.07. The summed E-state index contributed by atoms with van der Waals surface area (Å²) in [6.07, 6.45) is 11.6. The summed E-state index contributed by atoms with van der Waals surface area (Å²) in [6.45, 7) is 3.50. The minimum Gasteiger partial charge on any atom is -0.481 e. The van der Waals surface area contributed by atoms with E-state index in [-0.39, 0.29) is 17.8 Å². The predicted molar refractivity (Wildman–Crippen MR) is 92.6 cm³/mol. The Hall–Kier alpha value is -1.45. The van der Waals surface area contributed by atoms with E-state index in [2.05, 4.69) is 0 Å². The number of Topliss-reactive ketones (excluding diaryl/α,β-unsaturated/α-hetero) is 2. The third-order valence-corrected chi connectivity index (χ3v) is 5.70. The van der Waals surface area contributed by atoms with Crippen molar-refractivity contribution in [2.45, 2.75) is 71.6 Å². The van der Waals surface area contributed by atoms with Crippen LogP contribution >= 0.6 is 0 Å². The first-order valence-electron chi connectivity index (χ1n) is 9.29. The van der Waals surface area contributed by atoms with E-state index in [9.17, 15) is 14.4 Å². The molecule has 2 fully saturated rings. The molecule has 134 valence electrons. The number of carboxylic acid groups (broad SMARTS) is 1. The largest absolute Gasteiger partial charge is 0.481 e. The topological polar surface area (TPSA) is 71.4 Å². The Morgan fingerprint density at radius 2 is 1.83 bits per heavy atom. The van der Waals surface area contributed by atoms with Gasteiger partial charge >= 0.3 is 5.97 Å². The van der Waals surface area contributed by atoms with Crippen LogP contribution in [0.25, 0.3) is 0 Å². The standard InChI is InChI=1S/C20H30O4/c1-20(2,19(23)24)13-4-3-6-15-11-12-16(18(15)22)10-9-14-7-5-8-17(14)21/h9-10,14-16H,3-8,11-13H2,1-2H3,(H,23,24). The zero-order valence-electron chi connectivity index (χ0n) is 14.9. The third kappa shape index (κ3) is 4.78. The molecule has 2 rings (SSSR count). The van der Waals surface area contributed by atoms with Gasteiger partial charge in [0.15, 0.2) is 0 Å². The van der Waals surface area contributed by atoms with Gasteiger partial charge in [-0.15, -0.1) is 0 Å². The number of ketones is 2. The molecule has 0 aromatic carbocycles. The molecule has 2 aliphatic carbocycles. The molecule has 4 heteroatoms. The number of carboxylic acids is 1. The molecule has 0 saturated heterocycles. The van der Waals surface area contributed by atoms with E-state index in [4.69, 9.17) is 5.11 Å². The molecule has 0 heterocycles. The lowest BCUT2D eigenvalue weighted by Gasteiger charge is -2.19. The van der Waals surface area contributed by atoms with Crippen LogP contribution in [0, 0.1) is 23.2 Å². The van der Waals surface area contributed by atoms with Crippen LogP contribution in [0.2, 0.25) is 0 Å². The highest BCUT2D eigenvalue weighted by molar-refractivity contribution is 5.88. The minimum atomic E-state index is -0.758. The Labute approximate surface area is 144 Å². The minimum absolute atomic E-state index is 0.0149. The number of allylic oxidation sites excluding steroid dienone is 2. The monoisotopic (exact) mass is 334 g/mol. The lowest BCUT2D eigenvalue weighted by Crippen LogP contribution is -2.23. The van der Waals surface area contributed by atoms with E-state index >= 15 is 0 Å². The molecule has 3 unspecified atom stereocenters. The highest BCUT2D eigenvalue weighted by Crippen LogP contribution is 2.34. The van der Waals surface area contributed by atoms with Crippen LogP contribution in [0.4, 0.5) is 0 Å². The molecule has 1 N–H and O–H groups in total. The van der Waals surface area contributed by atoms with Gasteiger partial charge in [0.1, 0.15) is 11.6 Å². The van der Waals surface area contributed by atoms with Crippen LogP contribution in [-0.4, -0.2) is 22.6 Å². The number of rotatable bonds is 8. The van der Waals surface area contributed by atoms with Gasteiger partial charge in [-0.1, -0.05) is 25.0 Å². The first-order chi connectivity index (χ1) is 11.3. The fourth-order valence-electron chi connectivity index (χ4n) is 3.82. The van der Waals surface area contributed by atoms with Crippen LogP contribution in [0.1, 0.15) is 71.6 Å². The summed E-state index contributed by atoms with van der Waals surface area (Å²) in [5.41, 5.74) is -0.682. The summed E-state index contributed by atoms with van der Waals surface area (Å²) in [5, 5.41) is 9.11. The molecule has 2 aliphatic rings. The summed E-state index contributed by atoms with van der Waals surface area (Å²) in [5.74, 6) is 0.00964. The average molecular weight is 334 g/mol. The first-order valence-corrected chi connectivity index (χ1v) is 9.29. The maximum atomic E-state index is 12.5. The van der Waals surface area contributed by atoms with Crippen molar-refractivity contribution in [3.8, 4) is 0 Å². The van der Waals surface area contributed by atoms with Gasteiger partial charge in [0.25, 0.3) is 0 Å². The van der Waals surface area contributed by atoms with Gasteiger partial charge in [-0.3, -0.25) is 14.4 Å². The lowest BCUT2D eigenvalue weighted by atomic mass is 9.86. The highest BCUT2D eigenvalue weighted by atomic mass is 16.4. The molecule has 0 aromatic rings. The average Bonchev–Trinajstić information content (AvgIpc) is 3.08. The van der Waals surface area contributed by atoms with Gasteiger partial charge in [-0.2, -0.15) is 0 Å². The Morgan fingerprint density at radius 3 is 2.46 bits per heavy atom. The summed E-state index contributed by atoms with van der Waals surface area (Å²) in [4.78, 5) is 35.2. The van der Waals surface area contributed by atoms with E-state index in [1.54, 1.807) is 13.8 Å². The van der Waals surface area contributed by atoms with Gasteiger partial charge in [-0.25, -0.2) is 0 Å². The van der Waals surface area contributed by atoms with E-state index in [0.29, 0.717) is 24.4 Å². The molecular formula is C20H30O4. The second-order valence-electron chi connectivity index (χ2n) is 8.07. The molecule has 0 amide bonds. The fraction of sp³-hybridized carbons (Fsp3) is 0.750. The first kappa shape index (κ1) is 18.9. The highest BCUT2D eigenvalue weighted by Gasteiger charge is 2.33. The third-order valence-electron chi connectivity index (χ3n) is 5.70. The number of unbranched alkanes of at least 4 members (excludes halogenated alkanes) is 1. The number of carbonyl (C=O) groups is 3. The van der Waals surface area contributed by atoms with Crippen molar-refractivity contribution >= 4 is 17.5 Å². The molecule has 0 aromatic heterocycles. The molecule has 0 aliphatic heterocycles. The van der Waals surface area contributed by atoms with Crippen molar-refractivity contribution < 1.29 is 19.5 Å². The molecule has 3 atom stereocenters.